The first-order valence-electron chi connectivity index (χ1n) is 9.82. The summed E-state index contributed by atoms with van der Waals surface area (Å²) in [6.45, 7) is 5.05. The van der Waals surface area contributed by atoms with Crippen LogP contribution < -0.4 is 0 Å². The van der Waals surface area contributed by atoms with Crippen LogP contribution in [0.3, 0.4) is 0 Å². The minimum Gasteiger partial charge on any atom is -0.352 e. The highest BCUT2D eigenvalue weighted by Crippen LogP contribution is 2.40. The van der Waals surface area contributed by atoms with E-state index in [1.165, 1.54) is 0 Å². The number of carbonyl (C=O) groups is 1. The van der Waals surface area contributed by atoms with Gasteiger partial charge in [-0.15, -0.1) is 11.3 Å². The Labute approximate surface area is 163 Å². The van der Waals surface area contributed by atoms with Crippen molar-refractivity contribution in [2.75, 3.05) is 26.2 Å². The average Bonchev–Trinajstić information content (AvgIpc) is 3.45. The molecular formula is C19H25N5O2S. The maximum Gasteiger partial charge on any atom is 0.253 e. The van der Waals surface area contributed by atoms with E-state index in [-0.39, 0.29) is 5.91 Å². The summed E-state index contributed by atoms with van der Waals surface area (Å²) in [6.07, 6.45) is 9.23. The number of thiazole rings is 1. The van der Waals surface area contributed by atoms with Crippen molar-refractivity contribution in [1.82, 2.24) is 24.3 Å². The predicted octanol–water partition coefficient (Wildman–Crippen LogP) is 1.85. The van der Waals surface area contributed by atoms with Crippen molar-refractivity contribution in [3.63, 3.8) is 0 Å². The summed E-state index contributed by atoms with van der Waals surface area (Å²) in [5.41, 5.74) is -0.443. The van der Waals surface area contributed by atoms with E-state index >= 15 is 0 Å². The molecule has 1 atom stereocenters. The Hall–Kier alpha value is -1.77. The Morgan fingerprint density at radius 3 is 2.74 bits per heavy atom. The molecule has 2 aromatic heterocycles. The van der Waals surface area contributed by atoms with E-state index < -0.39 is 11.7 Å². The summed E-state index contributed by atoms with van der Waals surface area (Å²) in [5.74, 6) is 1.14. The summed E-state index contributed by atoms with van der Waals surface area (Å²) in [7, 11) is 0. The van der Waals surface area contributed by atoms with E-state index in [2.05, 4.69) is 19.4 Å². The Morgan fingerprint density at radius 1 is 1.19 bits per heavy atom. The van der Waals surface area contributed by atoms with Crippen molar-refractivity contribution in [2.45, 2.75) is 50.5 Å². The lowest BCUT2D eigenvalue weighted by atomic mass is 9.88. The zero-order chi connectivity index (χ0) is 18.3. The highest BCUT2D eigenvalue weighted by atomic mass is 32.1. The second-order valence-corrected chi connectivity index (χ2v) is 8.72. The van der Waals surface area contributed by atoms with Gasteiger partial charge in [0.25, 0.3) is 5.91 Å². The Morgan fingerprint density at radius 2 is 2.00 bits per heavy atom. The molecule has 144 valence electrons. The molecule has 5 rings (SSSR count). The molecule has 7 nitrogen and oxygen atoms in total. The monoisotopic (exact) mass is 387 g/mol. The standard InChI is InChI=1S/C19H25N5O2S/c25-17(23-7-1-2-8-23)15-13-24-11-5-21-18(24)19(26-15)3-9-22(10-4-19)14-16-20-6-12-27-16/h5-6,11-12,15H,1-4,7-10,13-14H2. The number of likely N-dealkylation sites (tertiary alicyclic amines) is 2. The van der Waals surface area contributed by atoms with Crippen LogP contribution in [0.15, 0.2) is 24.0 Å². The predicted molar refractivity (Wildman–Crippen MR) is 101 cm³/mol. The summed E-state index contributed by atoms with van der Waals surface area (Å²) in [6, 6.07) is 0. The third-order valence-corrected chi connectivity index (χ3v) is 6.82. The lowest BCUT2D eigenvalue weighted by Crippen LogP contribution is -2.54. The van der Waals surface area contributed by atoms with Gasteiger partial charge in [0.15, 0.2) is 6.10 Å². The number of hydrogen-bond acceptors (Lipinski definition) is 6. The number of rotatable bonds is 3. The van der Waals surface area contributed by atoms with Gasteiger partial charge in [-0.1, -0.05) is 0 Å². The van der Waals surface area contributed by atoms with Crippen molar-refractivity contribution in [3.8, 4) is 0 Å². The minimum atomic E-state index is -0.443. The van der Waals surface area contributed by atoms with Crippen LogP contribution in [0.25, 0.3) is 0 Å². The van der Waals surface area contributed by atoms with Gasteiger partial charge >= 0.3 is 0 Å². The van der Waals surface area contributed by atoms with Gasteiger partial charge in [0, 0.05) is 50.1 Å². The molecule has 1 unspecified atom stereocenters. The molecule has 5 heterocycles. The summed E-state index contributed by atoms with van der Waals surface area (Å²) in [5, 5.41) is 3.18. The summed E-state index contributed by atoms with van der Waals surface area (Å²) < 4.78 is 8.68. The second-order valence-electron chi connectivity index (χ2n) is 7.74. The molecule has 3 aliphatic heterocycles. The molecule has 2 saturated heterocycles. The fraction of sp³-hybridized carbons (Fsp3) is 0.632. The molecule has 0 radical (unpaired) electrons. The molecule has 3 aliphatic rings. The molecule has 0 saturated carbocycles. The van der Waals surface area contributed by atoms with E-state index in [4.69, 9.17) is 4.74 Å². The van der Waals surface area contributed by atoms with Crippen LogP contribution in [-0.4, -0.2) is 62.5 Å². The zero-order valence-electron chi connectivity index (χ0n) is 15.4. The molecule has 0 aliphatic carbocycles. The van der Waals surface area contributed by atoms with Crippen molar-refractivity contribution in [1.29, 1.82) is 0 Å². The Balaban J connectivity index is 1.33. The number of hydrogen-bond donors (Lipinski definition) is 0. The van der Waals surface area contributed by atoms with Gasteiger partial charge in [-0.05, 0) is 25.7 Å². The molecule has 2 fully saturated rings. The highest BCUT2D eigenvalue weighted by Gasteiger charge is 2.47. The van der Waals surface area contributed by atoms with Crippen LogP contribution in [0, 0.1) is 0 Å². The number of imidazole rings is 1. The van der Waals surface area contributed by atoms with Crippen molar-refractivity contribution in [3.05, 3.63) is 34.8 Å². The topological polar surface area (TPSA) is 63.5 Å². The van der Waals surface area contributed by atoms with Gasteiger partial charge in [0.05, 0.1) is 13.1 Å². The second kappa shape index (κ2) is 7.00. The molecule has 2 aromatic rings. The first kappa shape index (κ1) is 17.3. The SMILES string of the molecule is O=C(C1Cn2ccnc2C2(CCN(Cc3nccs3)CC2)O1)N1CCCC1. The van der Waals surface area contributed by atoms with Gasteiger partial charge in [0.1, 0.15) is 16.4 Å². The fourth-order valence-corrected chi connectivity index (χ4v) is 5.26. The first-order chi connectivity index (χ1) is 13.2. The van der Waals surface area contributed by atoms with Gasteiger partial charge in [-0.2, -0.15) is 0 Å². The highest BCUT2D eigenvalue weighted by molar-refractivity contribution is 7.09. The number of nitrogens with zero attached hydrogens (tertiary/aromatic N) is 5. The Kier molecular flexibility index (Phi) is 4.49. The number of piperidine rings is 1. The molecule has 27 heavy (non-hydrogen) atoms. The smallest absolute Gasteiger partial charge is 0.253 e. The largest absolute Gasteiger partial charge is 0.352 e. The molecule has 8 heteroatoms. The van der Waals surface area contributed by atoms with Crippen molar-refractivity contribution in [2.24, 2.45) is 0 Å². The van der Waals surface area contributed by atoms with Crippen LogP contribution in [0.2, 0.25) is 0 Å². The lowest BCUT2D eigenvalue weighted by Gasteiger charge is -2.45. The van der Waals surface area contributed by atoms with Gasteiger partial charge in [-0.3, -0.25) is 9.69 Å². The molecule has 0 N–H and O–H groups in total. The molecule has 0 aromatic carbocycles. The van der Waals surface area contributed by atoms with E-state index in [0.717, 1.165) is 69.2 Å². The first-order valence-corrected chi connectivity index (χ1v) is 10.7. The number of fused-ring (bicyclic) bond motifs is 2. The van der Waals surface area contributed by atoms with Gasteiger partial charge in [-0.25, -0.2) is 9.97 Å². The molecule has 0 bridgehead atoms. The van der Waals surface area contributed by atoms with Crippen LogP contribution in [0.5, 0.6) is 0 Å². The zero-order valence-corrected chi connectivity index (χ0v) is 16.2. The van der Waals surface area contributed by atoms with E-state index in [1.54, 1.807) is 11.3 Å². The van der Waals surface area contributed by atoms with Crippen LogP contribution >= 0.6 is 11.3 Å². The number of aromatic nitrogens is 3. The van der Waals surface area contributed by atoms with Gasteiger partial charge < -0.3 is 14.2 Å². The van der Waals surface area contributed by atoms with E-state index in [1.807, 2.05) is 28.9 Å². The van der Waals surface area contributed by atoms with Crippen molar-refractivity contribution >= 4 is 17.2 Å². The third kappa shape index (κ3) is 3.19. The maximum absolute atomic E-state index is 13.0. The molecule has 1 spiro atoms. The molecular weight excluding hydrogens is 362 g/mol. The Bertz CT molecular complexity index is 791. The normalized spacial score (nSPS) is 25.0. The van der Waals surface area contributed by atoms with Crippen molar-refractivity contribution < 1.29 is 9.53 Å². The quantitative estimate of drug-likeness (QED) is 0.804. The van der Waals surface area contributed by atoms with Crippen LogP contribution in [0.1, 0.15) is 36.5 Å². The maximum atomic E-state index is 13.0. The fourth-order valence-electron chi connectivity index (χ4n) is 4.60. The van der Waals surface area contributed by atoms with E-state index in [9.17, 15) is 4.79 Å². The minimum absolute atomic E-state index is 0.149. The van der Waals surface area contributed by atoms with E-state index in [0.29, 0.717) is 6.54 Å². The average molecular weight is 388 g/mol. The number of carbonyl (C=O) groups excluding carboxylic acids is 1. The lowest BCUT2D eigenvalue weighted by molar-refractivity contribution is -0.180. The van der Waals surface area contributed by atoms with Crippen LogP contribution in [0.4, 0.5) is 0 Å². The number of amides is 1. The summed E-state index contributed by atoms with van der Waals surface area (Å²) >= 11 is 1.70. The number of ether oxygens (including phenoxy) is 1. The molecule has 1 amide bonds. The third-order valence-electron chi connectivity index (χ3n) is 6.05. The van der Waals surface area contributed by atoms with Gasteiger partial charge in [0.2, 0.25) is 0 Å². The summed E-state index contributed by atoms with van der Waals surface area (Å²) in [4.78, 5) is 26.4. The van der Waals surface area contributed by atoms with Crippen LogP contribution in [-0.2, 0) is 28.2 Å².